The average molecular weight is 409 g/mol. The van der Waals surface area contributed by atoms with Crippen molar-refractivity contribution in [3.63, 3.8) is 0 Å². The van der Waals surface area contributed by atoms with Crippen molar-refractivity contribution in [1.29, 1.82) is 0 Å². The van der Waals surface area contributed by atoms with E-state index in [0.29, 0.717) is 6.04 Å². The number of pyridine rings is 2. The molecule has 1 aliphatic rings. The molecular formula is C17H19BrClN5. The fourth-order valence-electron chi connectivity index (χ4n) is 3.18. The van der Waals surface area contributed by atoms with Crippen molar-refractivity contribution in [3.05, 3.63) is 64.8 Å². The second-order valence-electron chi connectivity index (χ2n) is 5.80. The molecule has 24 heavy (non-hydrogen) atoms. The Hall–Kier alpha value is -1.47. The number of piperazine rings is 1. The zero-order chi connectivity index (χ0) is 15.6. The third kappa shape index (κ3) is 3.47. The zero-order valence-electron chi connectivity index (χ0n) is 13.1. The number of nitrogens with zero attached hydrogens (tertiary/aromatic N) is 4. The molecule has 0 aromatic carbocycles. The van der Waals surface area contributed by atoms with Gasteiger partial charge < -0.3 is 9.72 Å². The lowest BCUT2D eigenvalue weighted by Gasteiger charge is -2.36. The molecular weight excluding hydrogens is 390 g/mol. The van der Waals surface area contributed by atoms with Crippen LogP contribution in [0, 0.1) is 0 Å². The minimum atomic E-state index is 0. The monoisotopic (exact) mass is 407 g/mol. The largest absolute Gasteiger partial charge is 0.314 e. The van der Waals surface area contributed by atoms with Crippen LogP contribution in [0.4, 0.5) is 0 Å². The van der Waals surface area contributed by atoms with Gasteiger partial charge in [-0.3, -0.25) is 9.88 Å². The summed E-state index contributed by atoms with van der Waals surface area (Å²) in [7, 11) is 0. The van der Waals surface area contributed by atoms with Crippen LogP contribution in [0.1, 0.15) is 17.3 Å². The predicted octanol–water partition coefficient (Wildman–Crippen LogP) is 3.06. The van der Waals surface area contributed by atoms with E-state index in [0.717, 1.165) is 36.3 Å². The van der Waals surface area contributed by atoms with E-state index < -0.39 is 0 Å². The second-order valence-corrected chi connectivity index (χ2v) is 6.71. The van der Waals surface area contributed by atoms with E-state index in [4.69, 9.17) is 0 Å². The average Bonchev–Trinajstić information content (AvgIpc) is 2.98. The lowest BCUT2D eigenvalue weighted by molar-refractivity contribution is 0.151. The Labute approximate surface area is 155 Å². The van der Waals surface area contributed by atoms with Crippen LogP contribution in [0.15, 0.2) is 53.5 Å². The molecule has 1 fully saturated rings. The molecule has 0 spiro atoms. The van der Waals surface area contributed by atoms with Crippen molar-refractivity contribution in [2.45, 2.75) is 12.6 Å². The molecule has 1 saturated heterocycles. The normalized spacial score (nSPS) is 18.5. The fourth-order valence-corrected chi connectivity index (χ4v) is 3.52. The third-order valence-electron chi connectivity index (χ3n) is 4.36. The highest BCUT2D eigenvalue weighted by Crippen LogP contribution is 2.24. The Balaban J connectivity index is 0.00000169. The molecule has 4 rings (SSSR count). The van der Waals surface area contributed by atoms with E-state index in [1.165, 1.54) is 11.3 Å². The summed E-state index contributed by atoms with van der Waals surface area (Å²) >= 11 is 3.55. The third-order valence-corrected chi connectivity index (χ3v) is 4.83. The van der Waals surface area contributed by atoms with Gasteiger partial charge in [0.25, 0.3) is 0 Å². The van der Waals surface area contributed by atoms with Gasteiger partial charge in [-0.1, -0.05) is 0 Å². The Bertz CT molecular complexity index is 807. The summed E-state index contributed by atoms with van der Waals surface area (Å²) in [6.07, 6.45) is 7.80. The highest BCUT2D eigenvalue weighted by Gasteiger charge is 2.24. The predicted molar refractivity (Wildman–Crippen MR) is 100 cm³/mol. The molecule has 0 aliphatic carbocycles. The number of imidazole rings is 1. The Morgan fingerprint density at radius 1 is 1.21 bits per heavy atom. The summed E-state index contributed by atoms with van der Waals surface area (Å²) in [5.74, 6) is 0. The van der Waals surface area contributed by atoms with Crippen molar-refractivity contribution in [3.8, 4) is 0 Å². The SMILES string of the molecule is Brc1ccc2ncc(CN3CCNCC3c3ccncc3)n2c1.Cl. The van der Waals surface area contributed by atoms with Crippen LogP contribution in [0.2, 0.25) is 0 Å². The van der Waals surface area contributed by atoms with Gasteiger partial charge in [0.1, 0.15) is 5.65 Å². The molecule has 3 aromatic heterocycles. The van der Waals surface area contributed by atoms with Gasteiger partial charge in [0, 0.05) is 55.3 Å². The first kappa shape index (κ1) is 17.4. The van der Waals surface area contributed by atoms with Gasteiger partial charge in [-0.25, -0.2) is 4.98 Å². The number of nitrogens with one attached hydrogen (secondary N) is 1. The topological polar surface area (TPSA) is 45.5 Å². The maximum atomic E-state index is 4.51. The number of halogens is 2. The first-order valence-electron chi connectivity index (χ1n) is 7.77. The molecule has 1 N–H and O–H groups in total. The quantitative estimate of drug-likeness (QED) is 0.723. The molecule has 0 saturated carbocycles. The van der Waals surface area contributed by atoms with Crippen LogP contribution < -0.4 is 5.32 Å². The van der Waals surface area contributed by atoms with E-state index in [1.807, 2.05) is 30.7 Å². The van der Waals surface area contributed by atoms with Gasteiger partial charge in [0.2, 0.25) is 0 Å². The molecule has 5 nitrogen and oxygen atoms in total. The standard InChI is InChI=1S/C17H18BrN5.ClH/c18-14-1-2-17-21-9-15(23(17)11-14)12-22-8-7-20-10-16(22)13-3-5-19-6-4-13;/h1-6,9,11,16,20H,7-8,10,12H2;1H. The van der Waals surface area contributed by atoms with Gasteiger partial charge in [-0.2, -0.15) is 0 Å². The van der Waals surface area contributed by atoms with E-state index >= 15 is 0 Å². The first-order valence-corrected chi connectivity index (χ1v) is 8.57. The van der Waals surface area contributed by atoms with Gasteiger partial charge in [0.15, 0.2) is 0 Å². The lowest BCUT2D eigenvalue weighted by Crippen LogP contribution is -2.45. The van der Waals surface area contributed by atoms with Crippen LogP contribution in [0.5, 0.6) is 0 Å². The Morgan fingerprint density at radius 3 is 2.88 bits per heavy atom. The minimum Gasteiger partial charge on any atom is -0.314 e. The smallest absolute Gasteiger partial charge is 0.136 e. The molecule has 3 aromatic rings. The van der Waals surface area contributed by atoms with Gasteiger partial charge >= 0.3 is 0 Å². The molecule has 7 heteroatoms. The molecule has 0 amide bonds. The van der Waals surface area contributed by atoms with E-state index in [1.54, 1.807) is 0 Å². The highest BCUT2D eigenvalue weighted by molar-refractivity contribution is 9.10. The Morgan fingerprint density at radius 2 is 2.04 bits per heavy atom. The van der Waals surface area contributed by atoms with Crippen LogP contribution >= 0.6 is 28.3 Å². The summed E-state index contributed by atoms with van der Waals surface area (Å²) < 4.78 is 3.23. The van der Waals surface area contributed by atoms with Crippen molar-refractivity contribution >= 4 is 34.0 Å². The van der Waals surface area contributed by atoms with Crippen LogP contribution in [0.25, 0.3) is 5.65 Å². The molecule has 0 bridgehead atoms. The molecule has 126 valence electrons. The Kier molecular flexibility index (Phi) is 5.50. The van der Waals surface area contributed by atoms with Gasteiger partial charge in [0.05, 0.1) is 11.9 Å². The second kappa shape index (κ2) is 7.61. The van der Waals surface area contributed by atoms with E-state index in [-0.39, 0.29) is 12.4 Å². The van der Waals surface area contributed by atoms with E-state index in [2.05, 4.69) is 58.8 Å². The summed E-state index contributed by atoms with van der Waals surface area (Å²) in [5, 5.41) is 3.50. The van der Waals surface area contributed by atoms with Crippen molar-refractivity contribution in [2.75, 3.05) is 19.6 Å². The molecule has 0 radical (unpaired) electrons. The highest BCUT2D eigenvalue weighted by atomic mass is 79.9. The van der Waals surface area contributed by atoms with Crippen molar-refractivity contribution < 1.29 is 0 Å². The number of hydrogen-bond acceptors (Lipinski definition) is 4. The first-order chi connectivity index (χ1) is 11.3. The molecule has 1 unspecified atom stereocenters. The summed E-state index contributed by atoms with van der Waals surface area (Å²) in [6.45, 7) is 3.88. The fraction of sp³-hybridized carbons (Fsp3) is 0.294. The maximum absolute atomic E-state index is 4.51. The number of fused-ring (bicyclic) bond motifs is 1. The lowest BCUT2D eigenvalue weighted by atomic mass is 10.0. The van der Waals surface area contributed by atoms with Crippen LogP contribution in [0.3, 0.4) is 0 Å². The maximum Gasteiger partial charge on any atom is 0.136 e. The van der Waals surface area contributed by atoms with Gasteiger partial charge in [-0.15, -0.1) is 12.4 Å². The summed E-state index contributed by atoms with van der Waals surface area (Å²) in [4.78, 5) is 11.2. The molecule has 1 aliphatic heterocycles. The van der Waals surface area contributed by atoms with E-state index in [9.17, 15) is 0 Å². The number of rotatable bonds is 3. The van der Waals surface area contributed by atoms with Gasteiger partial charge in [-0.05, 0) is 45.8 Å². The van der Waals surface area contributed by atoms with Crippen LogP contribution in [-0.4, -0.2) is 38.9 Å². The summed E-state index contributed by atoms with van der Waals surface area (Å²) in [5.41, 5.74) is 3.50. The van der Waals surface area contributed by atoms with Crippen molar-refractivity contribution in [1.82, 2.24) is 24.6 Å². The number of hydrogen-bond donors (Lipinski definition) is 1. The van der Waals surface area contributed by atoms with Crippen molar-refractivity contribution in [2.24, 2.45) is 0 Å². The summed E-state index contributed by atoms with van der Waals surface area (Å²) in [6, 6.07) is 8.64. The number of aromatic nitrogens is 3. The zero-order valence-corrected chi connectivity index (χ0v) is 15.5. The minimum absolute atomic E-state index is 0. The molecule has 4 heterocycles. The van der Waals surface area contributed by atoms with Crippen LogP contribution in [-0.2, 0) is 6.54 Å². The molecule has 1 atom stereocenters.